The Kier molecular flexibility index (Phi) is 5.51. The van der Waals surface area contributed by atoms with Crippen molar-refractivity contribution in [2.45, 2.75) is 24.7 Å². The number of piperidine rings is 1. The molecule has 33 heavy (non-hydrogen) atoms. The number of aromatic amines is 1. The highest BCUT2D eigenvalue weighted by atomic mass is 32.2. The summed E-state index contributed by atoms with van der Waals surface area (Å²) in [6.07, 6.45) is 6.79. The van der Waals surface area contributed by atoms with Crippen molar-refractivity contribution in [2.24, 2.45) is 5.92 Å². The van der Waals surface area contributed by atoms with Crippen LogP contribution in [0.5, 0.6) is 0 Å². The van der Waals surface area contributed by atoms with Crippen LogP contribution < -0.4 is 14.9 Å². The second kappa shape index (κ2) is 8.49. The van der Waals surface area contributed by atoms with Gasteiger partial charge in [-0.1, -0.05) is 6.92 Å². The number of hydrogen-bond acceptors (Lipinski definition) is 8. The van der Waals surface area contributed by atoms with Gasteiger partial charge < -0.3 is 14.6 Å². The smallest absolute Gasteiger partial charge is 0.240 e. The molecule has 0 saturated carbocycles. The molecule has 1 saturated heterocycles. The van der Waals surface area contributed by atoms with Crippen molar-refractivity contribution in [3.8, 4) is 11.3 Å². The Morgan fingerprint density at radius 3 is 2.73 bits per heavy atom. The Morgan fingerprint density at radius 1 is 1.18 bits per heavy atom. The Bertz CT molecular complexity index is 1370. The molecule has 1 aliphatic rings. The van der Waals surface area contributed by atoms with E-state index in [1.807, 2.05) is 12.1 Å². The van der Waals surface area contributed by atoms with Crippen LogP contribution in [0, 0.1) is 5.92 Å². The lowest BCUT2D eigenvalue weighted by atomic mass is 9.98. The van der Waals surface area contributed by atoms with Gasteiger partial charge >= 0.3 is 0 Å². The van der Waals surface area contributed by atoms with Crippen LogP contribution in [-0.4, -0.2) is 48.7 Å². The summed E-state index contributed by atoms with van der Waals surface area (Å²) in [5, 5.41) is 11.4. The molecule has 172 valence electrons. The predicted octanol–water partition coefficient (Wildman–Crippen LogP) is 3.50. The summed E-state index contributed by atoms with van der Waals surface area (Å²) in [4.78, 5) is 11.2. The van der Waals surface area contributed by atoms with E-state index >= 15 is 0 Å². The fraction of sp³-hybridized carbons (Fsp3) is 0.318. The van der Waals surface area contributed by atoms with Gasteiger partial charge in [0.05, 0.1) is 34.2 Å². The zero-order valence-corrected chi connectivity index (χ0v) is 19.2. The van der Waals surface area contributed by atoms with Crippen LogP contribution in [0.3, 0.4) is 0 Å². The Balaban J connectivity index is 1.62. The molecular weight excluding hydrogens is 442 g/mol. The van der Waals surface area contributed by atoms with Gasteiger partial charge in [0.2, 0.25) is 10.0 Å². The first-order chi connectivity index (χ1) is 16.0. The zero-order valence-electron chi connectivity index (χ0n) is 18.4. The first kappa shape index (κ1) is 21.4. The monoisotopic (exact) mass is 467 g/mol. The van der Waals surface area contributed by atoms with Crippen molar-refractivity contribution in [1.82, 2.24) is 24.9 Å². The molecule has 11 heteroatoms. The minimum absolute atomic E-state index is 0.175. The van der Waals surface area contributed by atoms with Crippen molar-refractivity contribution in [3.63, 3.8) is 0 Å². The summed E-state index contributed by atoms with van der Waals surface area (Å²) < 4.78 is 32.6. The van der Waals surface area contributed by atoms with Gasteiger partial charge in [-0.05, 0) is 50.1 Å². The van der Waals surface area contributed by atoms with Crippen LogP contribution in [0.4, 0.5) is 17.2 Å². The third-order valence-electron chi connectivity index (χ3n) is 6.08. The number of furan rings is 1. The van der Waals surface area contributed by atoms with E-state index in [9.17, 15) is 8.42 Å². The van der Waals surface area contributed by atoms with Crippen LogP contribution in [0.2, 0.25) is 0 Å². The zero-order chi connectivity index (χ0) is 23.0. The van der Waals surface area contributed by atoms with Gasteiger partial charge in [0, 0.05) is 18.7 Å². The molecule has 0 radical (unpaired) electrons. The highest BCUT2D eigenvalue weighted by molar-refractivity contribution is 7.89. The van der Waals surface area contributed by atoms with Crippen LogP contribution in [0.25, 0.3) is 22.3 Å². The number of H-pyrrole nitrogens is 1. The van der Waals surface area contributed by atoms with E-state index in [1.165, 1.54) is 13.4 Å². The molecule has 5 rings (SSSR count). The molecule has 0 unspecified atom stereocenters. The number of hydrogen-bond donors (Lipinski definition) is 3. The molecular formula is C22H25N7O3S. The molecule has 3 aromatic heterocycles. The van der Waals surface area contributed by atoms with E-state index < -0.39 is 10.0 Å². The molecule has 0 amide bonds. The summed E-state index contributed by atoms with van der Waals surface area (Å²) in [6.45, 7) is 4.06. The summed E-state index contributed by atoms with van der Waals surface area (Å²) in [5.74, 6) is 1.20. The lowest BCUT2D eigenvalue weighted by Crippen LogP contribution is -2.33. The van der Waals surface area contributed by atoms with Crippen molar-refractivity contribution >= 4 is 38.2 Å². The van der Waals surface area contributed by atoms with Gasteiger partial charge in [-0.15, -0.1) is 0 Å². The summed E-state index contributed by atoms with van der Waals surface area (Å²) >= 11 is 0. The maximum Gasteiger partial charge on any atom is 0.240 e. The highest BCUT2D eigenvalue weighted by Gasteiger charge is 2.23. The topological polar surface area (TPSA) is 129 Å². The lowest BCUT2D eigenvalue weighted by Gasteiger charge is -2.33. The van der Waals surface area contributed by atoms with Crippen LogP contribution >= 0.6 is 0 Å². The number of sulfonamides is 1. The summed E-state index contributed by atoms with van der Waals surface area (Å²) in [7, 11) is -2.21. The van der Waals surface area contributed by atoms with E-state index in [4.69, 9.17) is 4.42 Å². The molecule has 0 aliphatic carbocycles. The van der Waals surface area contributed by atoms with E-state index in [2.05, 4.69) is 42.0 Å². The molecule has 0 atom stereocenters. The summed E-state index contributed by atoms with van der Waals surface area (Å²) in [5.41, 5.74) is 3.58. The molecule has 4 heterocycles. The van der Waals surface area contributed by atoms with E-state index in [1.54, 1.807) is 24.7 Å². The maximum absolute atomic E-state index is 12.5. The number of rotatable bonds is 6. The fourth-order valence-corrected chi connectivity index (χ4v) is 4.87. The summed E-state index contributed by atoms with van der Waals surface area (Å²) in [6, 6.07) is 6.94. The van der Waals surface area contributed by atoms with E-state index in [0.29, 0.717) is 34.2 Å². The molecule has 0 bridgehead atoms. The predicted molar refractivity (Wildman–Crippen MR) is 126 cm³/mol. The minimum atomic E-state index is -3.62. The quantitative estimate of drug-likeness (QED) is 0.393. The Morgan fingerprint density at radius 2 is 2.00 bits per heavy atom. The van der Waals surface area contributed by atoms with Crippen molar-refractivity contribution < 1.29 is 12.8 Å². The van der Waals surface area contributed by atoms with Gasteiger partial charge in [-0.3, -0.25) is 5.10 Å². The Labute approximate surface area is 191 Å². The SMILES string of the molecule is CNS(=O)(=O)c1ccc(N2CCC(C)CC2)c(Nc2ncnc3[nH]nc(-c4ccoc4)c23)c1. The van der Waals surface area contributed by atoms with Crippen LogP contribution in [0.15, 0.2) is 52.4 Å². The van der Waals surface area contributed by atoms with Crippen LogP contribution in [-0.2, 0) is 10.0 Å². The van der Waals surface area contributed by atoms with E-state index in [0.717, 1.165) is 37.2 Å². The average Bonchev–Trinajstić information content (AvgIpc) is 3.50. The van der Waals surface area contributed by atoms with Crippen LogP contribution in [0.1, 0.15) is 19.8 Å². The van der Waals surface area contributed by atoms with E-state index in [-0.39, 0.29) is 4.90 Å². The molecule has 0 spiro atoms. The number of anilines is 3. The maximum atomic E-state index is 12.5. The Hall–Kier alpha value is -3.44. The fourth-order valence-electron chi connectivity index (χ4n) is 4.12. The molecule has 1 aromatic carbocycles. The van der Waals surface area contributed by atoms with Crippen molar-refractivity contribution in [3.05, 3.63) is 43.1 Å². The van der Waals surface area contributed by atoms with Crippen molar-refractivity contribution in [2.75, 3.05) is 30.4 Å². The molecule has 4 aromatic rings. The third-order valence-corrected chi connectivity index (χ3v) is 7.49. The lowest BCUT2D eigenvalue weighted by molar-refractivity contribution is 0.438. The van der Waals surface area contributed by atoms with Gasteiger partial charge in [-0.2, -0.15) is 5.10 Å². The first-order valence-corrected chi connectivity index (χ1v) is 12.3. The molecule has 1 aliphatic heterocycles. The highest BCUT2D eigenvalue weighted by Crippen LogP contribution is 2.37. The largest absolute Gasteiger partial charge is 0.472 e. The number of fused-ring (bicyclic) bond motifs is 1. The number of nitrogens with one attached hydrogen (secondary N) is 3. The third kappa shape index (κ3) is 4.05. The standard InChI is InChI=1S/C22H25N7O3S/c1-14-5-8-29(9-6-14)18-4-3-16(33(30,31)23-2)11-17(18)26-21-19-20(15-7-10-32-12-15)27-28-22(19)25-13-24-21/h3-4,7,10-14,23H,5-6,8-9H2,1-2H3,(H2,24,25,26,27,28). The molecule has 10 nitrogen and oxygen atoms in total. The second-order valence-corrected chi connectivity index (χ2v) is 10.1. The van der Waals surface area contributed by atoms with Crippen molar-refractivity contribution in [1.29, 1.82) is 0 Å². The number of nitrogens with zero attached hydrogens (tertiary/aromatic N) is 4. The molecule has 1 fully saturated rings. The van der Waals surface area contributed by atoms with Gasteiger partial charge in [0.25, 0.3) is 0 Å². The minimum Gasteiger partial charge on any atom is -0.472 e. The van der Waals surface area contributed by atoms with Gasteiger partial charge in [0.15, 0.2) is 5.65 Å². The number of aromatic nitrogens is 4. The number of benzene rings is 1. The first-order valence-electron chi connectivity index (χ1n) is 10.8. The van der Waals surface area contributed by atoms with Gasteiger partial charge in [-0.25, -0.2) is 23.1 Å². The van der Waals surface area contributed by atoms with Gasteiger partial charge in [0.1, 0.15) is 17.8 Å². The average molecular weight is 468 g/mol. The second-order valence-electron chi connectivity index (χ2n) is 8.21. The normalized spacial score (nSPS) is 15.3. The molecule has 3 N–H and O–H groups in total.